The van der Waals surface area contributed by atoms with E-state index in [2.05, 4.69) is 4.98 Å². The maximum atomic E-state index is 10.8. The molecule has 3 nitrogen and oxygen atoms in total. The van der Waals surface area contributed by atoms with Gasteiger partial charge in [0, 0.05) is 28.2 Å². The van der Waals surface area contributed by atoms with Crippen molar-refractivity contribution in [3.8, 4) is 5.75 Å². The number of rotatable bonds is 2. The summed E-state index contributed by atoms with van der Waals surface area (Å²) in [6.45, 7) is 1.81. The third-order valence-electron chi connectivity index (χ3n) is 2.41. The fourth-order valence-electron chi connectivity index (χ4n) is 1.63. The van der Waals surface area contributed by atoms with Crippen LogP contribution in [0, 0.1) is 0 Å². The molecule has 0 amide bonds. The summed E-state index contributed by atoms with van der Waals surface area (Å²) in [4.78, 5) is 13.9. The van der Waals surface area contributed by atoms with Crippen LogP contribution >= 0.6 is 0 Å². The predicted molar refractivity (Wildman–Crippen MR) is 59.7 cm³/mol. The quantitative estimate of drug-likeness (QED) is 0.579. The second-order valence-electron chi connectivity index (χ2n) is 3.29. The Labute approximate surface area is 87.0 Å². The van der Waals surface area contributed by atoms with Crippen molar-refractivity contribution in [1.82, 2.24) is 4.98 Å². The number of fused-ring (bicyclic) bond motifs is 1. The first-order valence-corrected chi connectivity index (χ1v) is 4.68. The van der Waals surface area contributed by atoms with Gasteiger partial charge in [-0.05, 0) is 25.1 Å². The van der Waals surface area contributed by atoms with Crippen LogP contribution in [-0.2, 0) is 4.79 Å². The smallest absolute Gasteiger partial charge is 0.150 e. The van der Waals surface area contributed by atoms with Crippen LogP contribution in [0.1, 0.15) is 12.5 Å². The van der Waals surface area contributed by atoms with E-state index in [9.17, 15) is 9.90 Å². The molecule has 1 aromatic heterocycles. The molecule has 0 atom stereocenters. The standard InChI is InChI=1S/C12H11NO2/c1-2-8(7-14)11-6-13-12-4-3-9(15)5-10(11)12/h2-7,13,15H,1H3. The molecule has 2 rings (SSSR count). The summed E-state index contributed by atoms with van der Waals surface area (Å²) in [6.07, 6.45) is 4.33. The predicted octanol–water partition coefficient (Wildman–Crippen LogP) is 2.48. The highest BCUT2D eigenvalue weighted by atomic mass is 16.3. The van der Waals surface area contributed by atoms with E-state index in [0.717, 1.165) is 22.8 Å². The lowest BCUT2D eigenvalue weighted by Crippen LogP contribution is -1.82. The molecule has 1 heterocycles. The number of H-pyrrole nitrogens is 1. The molecule has 0 aliphatic carbocycles. The molecule has 0 saturated heterocycles. The van der Waals surface area contributed by atoms with E-state index in [1.54, 1.807) is 30.5 Å². The molecule has 0 saturated carbocycles. The summed E-state index contributed by atoms with van der Waals surface area (Å²) < 4.78 is 0. The van der Waals surface area contributed by atoms with Crippen molar-refractivity contribution in [3.63, 3.8) is 0 Å². The van der Waals surface area contributed by atoms with Gasteiger partial charge >= 0.3 is 0 Å². The summed E-state index contributed by atoms with van der Waals surface area (Å²) in [5, 5.41) is 10.2. The van der Waals surface area contributed by atoms with Crippen LogP contribution in [0.3, 0.4) is 0 Å². The minimum atomic E-state index is 0.199. The van der Waals surface area contributed by atoms with E-state index in [0.29, 0.717) is 5.57 Å². The zero-order valence-electron chi connectivity index (χ0n) is 8.32. The molecular weight excluding hydrogens is 190 g/mol. The fourth-order valence-corrected chi connectivity index (χ4v) is 1.63. The molecule has 0 radical (unpaired) electrons. The number of carbonyl (C=O) groups excluding carboxylic acids is 1. The van der Waals surface area contributed by atoms with Crippen molar-refractivity contribution < 1.29 is 9.90 Å². The molecule has 0 fully saturated rings. The average Bonchev–Trinajstić information content (AvgIpc) is 2.64. The van der Waals surface area contributed by atoms with Crippen molar-refractivity contribution in [2.24, 2.45) is 0 Å². The number of hydrogen-bond donors (Lipinski definition) is 2. The lowest BCUT2D eigenvalue weighted by atomic mass is 10.1. The fraction of sp³-hybridized carbons (Fsp3) is 0.0833. The lowest BCUT2D eigenvalue weighted by molar-refractivity contribution is -0.103. The number of aldehydes is 1. The number of hydrogen-bond acceptors (Lipinski definition) is 2. The topological polar surface area (TPSA) is 53.1 Å². The highest BCUT2D eigenvalue weighted by Crippen LogP contribution is 2.26. The Balaban J connectivity index is 2.71. The second-order valence-corrected chi connectivity index (χ2v) is 3.29. The van der Waals surface area contributed by atoms with Gasteiger partial charge in [0.1, 0.15) is 12.0 Å². The monoisotopic (exact) mass is 201 g/mol. The summed E-state index contributed by atoms with van der Waals surface area (Å²) in [7, 11) is 0. The molecule has 0 aliphatic rings. The third-order valence-corrected chi connectivity index (χ3v) is 2.41. The van der Waals surface area contributed by atoms with Crippen LogP contribution in [0.5, 0.6) is 5.75 Å². The molecule has 2 N–H and O–H groups in total. The Morgan fingerprint density at radius 1 is 1.47 bits per heavy atom. The van der Waals surface area contributed by atoms with Crippen LogP contribution in [0.25, 0.3) is 16.5 Å². The molecule has 76 valence electrons. The van der Waals surface area contributed by atoms with Crippen molar-refractivity contribution in [3.05, 3.63) is 36.0 Å². The number of carbonyl (C=O) groups is 1. The maximum Gasteiger partial charge on any atom is 0.150 e. The zero-order chi connectivity index (χ0) is 10.8. The maximum absolute atomic E-state index is 10.8. The molecule has 0 unspecified atom stereocenters. The van der Waals surface area contributed by atoms with Gasteiger partial charge in [0.2, 0.25) is 0 Å². The highest BCUT2D eigenvalue weighted by molar-refractivity contribution is 6.12. The molecule has 2 aromatic rings. The highest BCUT2D eigenvalue weighted by Gasteiger charge is 2.07. The number of aromatic hydroxyl groups is 1. The van der Waals surface area contributed by atoms with Crippen molar-refractivity contribution in [2.45, 2.75) is 6.92 Å². The Morgan fingerprint density at radius 2 is 2.27 bits per heavy atom. The first-order valence-electron chi connectivity index (χ1n) is 4.68. The van der Waals surface area contributed by atoms with Crippen molar-refractivity contribution in [1.29, 1.82) is 0 Å². The molecule has 15 heavy (non-hydrogen) atoms. The zero-order valence-corrected chi connectivity index (χ0v) is 8.32. The Hall–Kier alpha value is -2.03. The lowest BCUT2D eigenvalue weighted by Gasteiger charge is -1.97. The SMILES string of the molecule is CC=C(C=O)c1c[nH]c2ccc(O)cc12. The second kappa shape index (κ2) is 3.61. The minimum Gasteiger partial charge on any atom is -0.508 e. The van der Waals surface area contributed by atoms with Gasteiger partial charge in [-0.15, -0.1) is 0 Å². The summed E-state index contributed by atoms with van der Waals surface area (Å²) in [5.74, 6) is 0.199. The van der Waals surface area contributed by atoms with Crippen molar-refractivity contribution in [2.75, 3.05) is 0 Å². The van der Waals surface area contributed by atoms with Gasteiger partial charge in [-0.1, -0.05) is 6.08 Å². The van der Waals surface area contributed by atoms with Gasteiger partial charge in [0.25, 0.3) is 0 Å². The number of aromatic nitrogens is 1. The van der Waals surface area contributed by atoms with Gasteiger partial charge in [-0.3, -0.25) is 4.79 Å². The third kappa shape index (κ3) is 1.52. The van der Waals surface area contributed by atoms with Crippen LogP contribution in [0.2, 0.25) is 0 Å². The molecule has 0 bridgehead atoms. The van der Waals surface area contributed by atoms with Gasteiger partial charge < -0.3 is 10.1 Å². The van der Waals surface area contributed by atoms with Gasteiger partial charge in [0.05, 0.1) is 0 Å². The van der Waals surface area contributed by atoms with Crippen LogP contribution < -0.4 is 0 Å². The first-order chi connectivity index (χ1) is 7.26. The van der Waals surface area contributed by atoms with Crippen LogP contribution in [-0.4, -0.2) is 16.4 Å². The molecule has 3 heteroatoms. The Morgan fingerprint density at radius 3 is 2.93 bits per heavy atom. The number of aromatic amines is 1. The summed E-state index contributed by atoms with van der Waals surface area (Å²) in [6, 6.07) is 5.04. The first kappa shape index (κ1) is 9.52. The molecule has 0 aliphatic heterocycles. The summed E-state index contributed by atoms with van der Waals surface area (Å²) in [5.41, 5.74) is 2.34. The van der Waals surface area contributed by atoms with E-state index < -0.39 is 0 Å². The number of nitrogens with one attached hydrogen (secondary N) is 1. The van der Waals surface area contributed by atoms with Crippen LogP contribution in [0.15, 0.2) is 30.5 Å². The van der Waals surface area contributed by atoms with Crippen LogP contribution in [0.4, 0.5) is 0 Å². The largest absolute Gasteiger partial charge is 0.508 e. The van der Waals surface area contributed by atoms with Crippen molar-refractivity contribution >= 4 is 22.8 Å². The number of phenolic OH excluding ortho intramolecular Hbond substituents is 1. The Bertz CT molecular complexity index is 538. The molecule has 1 aromatic carbocycles. The van der Waals surface area contributed by atoms with Gasteiger partial charge in [-0.2, -0.15) is 0 Å². The minimum absolute atomic E-state index is 0.199. The van der Waals surface area contributed by atoms with E-state index in [4.69, 9.17) is 0 Å². The van der Waals surface area contributed by atoms with Gasteiger partial charge in [0.15, 0.2) is 0 Å². The molecular formula is C12H11NO2. The van der Waals surface area contributed by atoms with E-state index >= 15 is 0 Å². The summed E-state index contributed by atoms with van der Waals surface area (Å²) >= 11 is 0. The van der Waals surface area contributed by atoms with E-state index in [1.807, 2.05) is 6.92 Å². The Kier molecular flexibility index (Phi) is 2.29. The molecule has 0 spiro atoms. The number of phenols is 1. The van der Waals surface area contributed by atoms with E-state index in [1.165, 1.54) is 0 Å². The number of allylic oxidation sites excluding steroid dienone is 2. The normalized spacial score (nSPS) is 11.9. The van der Waals surface area contributed by atoms with E-state index in [-0.39, 0.29) is 5.75 Å². The van der Waals surface area contributed by atoms with Gasteiger partial charge in [-0.25, -0.2) is 0 Å². The number of benzene rings is 1. The average molecular weight is 201 g/mol.